The molecule has 4 aromatic rings. The Morgan fingerprint density at radius 1 is 0.837 bits per heavy atom. The minimum absolute atomic E-state index is 0.144. The highest BCUT2D eigenvalue weighted by Gasteiger charge is 2.74. The van der Waals surface area contributed by atoms with Crippen LogP contribution in [0.25, 0.3) is 0 Å². The van der Waals surface area contributed by atoms with Crippen LogP contribution in [0.4, 0.5) is 0 Å². The van der Waals surface area contributed by atoms with Gasteiger partial charge in [0.2, 0.25) is 0 Å². The van der Waals surface area contributed by atoms with Crippen LogP contribution in [0.15, 0.2) is 126 Å². The number of hydrogen-bond donors (Lipinski definition) is 0. The molecule has 6 nitrogen and oxygen atoms in total. The Kier molecular flexibility index (Phi) is 8.77. The Bertz CT molecular complexity index is 1850. The number of Topliss-reactive ketones (excluding diaryl/α,β-unsaturated/α-hetero) is 1. The summed E-state index contributed by atoms with van der Waals surface area (Å²) in [5.41, 5.74) is -1.85. The fourth-order valence-electron chi connectivity index (χ4n) is 9.59. The first-order valence-corrected chi connectivity index (χ1v) is 20.8. The number of nitrogens with zero attached hydrogens (tertiary/aromatic N) is 1. The first-order valence-electron chi connectivity index (χ1n) is 17.2. The topological polar surface area (TPSA) is 93.5 Å². The first-order chi connectivity index (χ1) is 23.6. The zero-order valence-corrected chi connectivity index (χ0v) is 29.9. The third kappa shape index (κ3) is 5.34. The van der Waals surface area contributed by atoms with Gasteiger partial charge in [-0.15, -0.1) is 0 Å². The summed E-state index contributed by atoms with van der Waals surface area (Å²) in [6.45, 7) is 4.65. The van der Waals surface area contributed by atoms with Crippen molar-refractivity contribution in [2.45, 2.75) is 63.1 Å². The van der Waals surface area contributed by atoms with Gasteiger partial charge in [-0.2, -0.15) is 5.26 Å². The van der Waals surface area contributed by atoms with Crippen molar-refractivity contribution < 1.29 is 22.4 Å². The average Bonchev–Trinajstić information content (AvgIpc) is 3.12. The minimum Gasteiger partial charge on any atom is -0.404 e. The summed E-state index contributed by atoms with van der Waals surface area (Å²) in [6, 6.07) is 42.1. The molecule has 252 valence electrons. The number of ketones is 1. The lowest BCUT2D eigenvalue weighted by atomic mass is 9.37. The van der Waals surface area contributed by atoms with Gasteiger partial charge in [0.1, 0.15) is 5.78 Å². The van der Waals surface area contributed by atoms with Crippen LogP contribution in [0.1, 0.15) is 46.0 Å². The number of rotatable bonds is 11. The molecule has 4 aliphatic rings. The van der Waals surface area contributed by atoms with E-state index in [2.05, 4.69) is 56.3 Å². The maximum Gasteiger partial charge on any atom is 0.288 e. The van der Waals surface area contributed by atoms with Crippen LogP contribution in [0.5, 0.6) is 0 Å². The van der Waals surface area contributed by atoms with E-state index in [4.69, 9.17) is 9.16 Å². The fourth-order valence-corrected chi connectivity index (χ4v) is 15.0. The molecule has 2 unspecified atom stereocenters. The smallest absolute Gasteiger partial charge is 0.288 e. The van der Waals surface area contributed by atoms with Gasteiger partial charge in [0.25, 0.3) is 8.32 Å². The van der Waals surface area contributed by atoms with Gasteiger partial charge in [0.05, 0.1) is 34.3 Å². The van der Waals surface area contributed by atoms with Crippen molar-refractivity contribution in [3.63, 3.8) is 0 Å². The number of sulfone groups is 1. The molecule has 8 heteroatoms. The van der Waals surface area contributed by atoms with Crippen molar-refractivity contribution in [2.75, 3.05) is 12.4 Å². The van der Waals surface area contributed by atoms with Crippen molar-refractivity contribution in [1.82, 2.24) is 0 Å². The normalized spacial score (nSPS) is 27.4. The van der Waals surface area contributed by atoms with Crippen LogP contribution in [0, 0.1) is 33.5 Å². The highest BCUT2D eigenvalue weighted by Crippen LogP contribution is 2.71. The lowest BCUT2D eigenvalue weighted by molar-refractivity contribution is -0.312. The van der Waals surface area contributed by atoms with Crippen molar-refractivity contribution in [2.24, 2.45) is 22.2 Å². The average molecular weight is 690 g/mol. The number of fused-ring (bicyclic) bond motifs is 1. The van der Waals surface area contributed by atoms with Crippen LogP contribution in [-0.4, -0.2) is 47.1 Å². The van der Waals surface area contributed by atoms with Gasteiger partial charge in [-0.25, -0.2) is 8.42 Å². The van der Waals surface area contributed by atoms with Gasteiger partial charge in [0, 0.05) is 24.9 Å². The molecule has 2 aliphatic carbocycles. The predicted molar refractivity (Wildman–Crippen MR) is 193 cm³/mol. The van der Waals surface area contributed by atoms with Crippen molar-refractivity contribution in [3.05, 3.63) is 121 Å². The molecule has 5 atom stereocenters. The molecule has 0 N–H and O–H groups in total. The van der Waals surface area contributed by atoms with E-state index in [0.29, 0.717) is 32.3 Å². The van der Waals surface area contributed by atoms with Crippen molar-refractivity contribution in [1.29, 1.82) is 5.26 Å². The predicted octanol–water partition coefficient (Wildman–Crippen LogP) is 5.60. The Morgan fingerprint density at radius 3 is 1.86 bits per heavy atom. The van der Waals surface area contributed by atoms with Crippen molar-refractivity contribution in [3.8, 4) is 6.07 Å². The first kappa shape index (κ1) is 33.6. The largest absolute Gasteiger partial charge is 0.404 e. The Labute approximate surface area is 291 Å². The van der Waals surface area contributed by atoms with E-state index < -0.39 is 46.6 Å². The number of benzene rings is 4. The van der Waals surface area contributed by atoms with Gasteiger partial charge >= 0.3 is 0 Å². The zero-order chi connectivity index (χ0) is 34.3. The highest BCUT2D eigenvalue weighted by molar-refractivity contribution is 7.91. The Hall–Kier alpha value is -3.87. The second-order valence-electron chi connectivity index (χ2n) is 14.6. The Morgan fingerprint density at radius 2 is 1.35 bits per heavy atom. The summed E-state index contributed by atoms with van der Waals surface area (Å²) in [5, 5.41) is 13.5. The third-order valence-corrected chi connectivity index (χ3v) is 18.0. The van der Waals surface area contributed by atoms with Gasteiger partial charge in [-0.05, 0) is 58.3 Å². The molecule has 0 spiro atoms. The molecule has 2 heterocycles. The lowest BCUT2D eigenvalue weighted by Gasteiger charge is -2.71. The van der Waals surface area contributed by atoms with Gasteiger partial charge in [0.15, 0.2) is 9.84 Å². The summed E-state index contributed by atoms with van der Waals surface area (Å²) < 4.78 is 41.5. The molecule has 0 amide bonds. The monoisotopic (exact) mass is 689 g/mol. The quantitative estimate of drug-likeness (QED) is 0.151. The van der Waals surface area contributed by atoms with Crippen LogP contribution >= 0.6 is 0 Å². The molecule has 49 heavy (non-hydrogen) atoms. The molecule has 4 fully saturated rings. The molecule has 2 saturated carbocycles. The number of carbonyl (C=O) groups excluding carboxylic acids is 1. The third-order valence-electron chi connectivity index (χ3n) is 12.2. The van der Waals surface area contributed by atoms with E-state index in [-0.39, 0.29) is 28.8 Å². The highest BCUT2D eigenvalue weighted by atomic mass is 32.2. The van der Waals surface area contributed by atoms with Crippen LogP contribution in [0.2, 0.25) is 0 Å². The molecule has 4 bridgehead atoms. The molecule has 2 saturated heterocycles. The standard InChI is InChI=1S/C41H43NO5SSi/c1-39(2)35-29-40(26-28-46-49(32-17-9-4-10-18-32,33-19-11-5-12-20-33)34-21-13-6-14-22-34)37(43)23-24-41(39,25-27-42)38(40)47-36(35)30-48(44,45)31-15-7-3-8-16-31/h3-22,35-36,38H,23-26,28-30H2,1-2H3/t35-,36-,38?,40+,41?/m0/s1. The second kappa shape index (κ2) is 12.8. The second-order valence-corrected chi connectivity index (χ2v) is 20.0. The number of ether oxygens (including phenoxy) is 1. The molecular formula is C41H43NO5SSi. The maximum absolute atomic E-state index is 14.3. The summed E-state index contributed by atoms with van der Waals surface area (Å²) in [5.74, 6) is -0.240. The lowest BCUT2D eigenvalue weighted by Crippen LogP contribution is -2.75. The summed E-state index contributed by atoms with van der Waals surface area (Å²) in [4.78, 5) is 14.6. The Balaban J connectivity index is 1.27. The van der Waals surface area contributed by atoms with Crippen molar-refractivity contribution >= 4 is 39.5 Å². The van der Waals surface area contributed by atoms with Crippen LogP contribution in [-0.2, 0) is 23.8 Å². The zero-order valence-electron chi connectivity index (χ0n) is 28.1. The van der Waals surface area contributed by atoms with E-state index in [9.17, 15) is 18.5 Å². The SMILES string of the molecule is CC1(C)[C@H]2C[C@]3(CCO[Si](c4ccccc4)(c4ccccc4)c4ccccc4)C(=O)CCC1(CC#N)C3O[C@H]2CS(=O)(=O)c1ccccc1. The van der Waals surface area contributed by atoms with E-state index in [1.54, 1.807) is 30.3 Å². The summed E-state index contributed by atoms with van der Waals surface area (Å²) in [6.07, 6.45) is 0.992. The van der Waals surface area contributed by atoms with Gasteiger partial charge in [-0.1, -0.05) is 123 Å². The van der Waals surface area contributed by atoms with Crippen LogP contribution in [0.3, 0.4) is 0 Å². The van der Waals surface area contributed by atoms with E-state index in [1.807, 2.05) is 54.6 Å². The summed E-state index contributed by atoms with van der Waals surface area (Å²) in [7, 11) is -6.67. The molecular weight excluding hydrogens is 647 g/mol. The van der Waals surface area contributed by atoms with E-state index in [1.165, 1.54) is 0 Å². The molecule has 0 aromatic heterocycles. The van der Waals surface area contributed by atoms with Gasteiger partial charge < -0.3 is 9.16 Å². The van der Waals surface area contributed by atoms with E-state index >= 15 is 0 Å². The fraction of sp³-hybridized carbons (Fsp3) is 0.366. The van der Waals surface area contributed by atoms with Gasteiger partial charge in [-0.3, -0.25) is 4.79 Å². The van der Waals surface area contributed by atoms with Crippen LogP contribution < -0.4 is 15.6 Å². The molecule has 4 aromatic carbocycles. The summed E-state index contributed by atoms with van der Waals surface area (Å²) >= 11 is 0. The number of hydrogen-bond acceptors (Lipinski definition) is 6. The minimum atomic E-state index is -3.64. The molecule has 8 rings (SSSR count). The van der Waals surface area contributed by atoms with E-state index in [0.717, 1.165) is 15.6 Å². The molecule has 2 aliphatic heterocycles. The number of nitriles is 1. The molecule has 0 radical (unpaired) electrons. The number of carbonyl (C=O) groups is 1. The maximum atomic E-state index is 14.3.